The van der Waals surface area contributed by atoms with E-state index in [0.29, 0.717) is 24.7 Å². The highest BCUT2D eigenvalue weighted by atomic mass is 16.4. The van der Waals surface area contributed by atoms with Gasteiger partial charge in [0.25, 0.3) is 5.91 Å². The van der Waals surface area contributed by atoms with Gasteiger partial charge in [-0.1, -0.05) is 48.5 Å². The monoisotopic (exact) mass is 374 g/mol. The Morgan fingerprint density at radius 3 is 2.11 bits per heavy atom. The average molecular weight is 374 g/mol. The van der Waals surface area contributed by atoms with E-state index in [1.54, 1.807) is 15.5 Å². The average Bonchev–Trinajstić information content (AvgIpc) is 3.43. The Hall–Kier alpha value is -3.34. The van der Waals surface area contributed by atoms with Crippen molar-refractivity contribution in [1.29, 1.82) is 0 Å². The van der Waals surface area contributed by atoms with Gasteiger partial charge in [-0.2, -0.15) is 0 Å². The normalized spacial score (nSPS) is 13.3. The van der Waals surface area contributed by atoms with Gasteiger partial charge in [0.05, 0.1) is 6.54 Å². The van der Waals surface area contributed by atoms with E-state index < -0.39 is 5.97 Å². The lowest BCUT2D eigenvalue weighted by molar-refractivity contribution is 0.0684. The first-order chi connectivity index (χ1) is 13.6. The number of carbonyl (C=O) groups excluding carboxylic acids is 1. The third-order valence-corrected chi connectivity index (χ3v) is 5.05. The van der Waals surface area contributed by atoms with E-state index in [4.69, 9.17) is 0 Å². The number of rotatable bonds is 7. The maximum Gasteiger partial charge on any atom is 0.352 e. The Morgan fingerprint density at radius 2 is 1.50 bits per heavy atom. The first kappa shape index (κ1) is 18.0. The first-order valence-corrected chi connectivity index (χ1v) is 9.47. The van der Waals surface area contributed by atoms with Crippen LogP contribution in [-0.4, -0.2) is 21.6 Å². The fourth-order valence-electron chi connectivity index (χ4n) is 3.39. The van der Waals surface area contributed by atoms with Gasteiger partial charge < -0.3 is 14.6 Å². The van der Waals surface area contributed by atoms with E-state index >= 15 is 0 Å². The SMILES string of the molecule is O=C(O)c1ccc(C(=O)N(Cc2ccccc2)c2ccccc2)n1CC1CC1. The number of amides is 1. The summed E-state index contributed by atoms with van der Waals surface area (Å²) in [6.45, 7) is 0.990. The quantitative estimate of drug-likeness (QED) is 0.665. The van der Waals surface area contributed by atoms with Crippen molar-refractivity contribution in [3.8, 4) is 0 Å². The van der Waals surface area contributed by atoms with Crippen LogP contribution in [0.15, 0.2) is 72.8 Å². The molecule has 5 heteroatoms. The molecule has 4 rings (SSSR count). The molecule has 1 aliphatic rings. The van der Waals surface area contributed by atoms with Gasteiger partial charge in [0.15, 0.2) is 0 Å². The fourth-order valence-corrected chi connectivity index (χ4v) is 3.39. The lowest BCUT2D eigenvalue weighted by Gasteiger charge is -2.24. The summed E-state index contributed by atoms with van der Waals surface area (Å²) in [5.41, 5.74) is 2.39. The number of para-hydroxylation sites is 1. The highest BCUT2D eigenvalue weighted by molar-refractivity contribution is 6.06. The lowest BCUT2D eigenvalue weighted by atomic mass is 10.2. The van der Waals surface area contributed by atoms with Gasteiger partial charge in [0, 0.05) is 12.2 Å². The standard InChI is InChI=1S/C23H22N2O3/c26-22(20-13-14-21(23(27)28)25(20)16-18-11-12-18)24(19-9-5-2-6-10-19)15-17-7-3-1-4-8-17/h1-10,13-14,18H,11-12,15-16H2,(H,27,28). The minimum absolute atomic E-state index is 0.169. The van der Waals surface area contributed by atoms with Crippen molar-refractivity contribution in [2.75, 3.05) is 4.90 Å². The number of aromatic nitrogens is 1. The highest BCUT2D eigenvalue weighted by Crippen LogP contribution is 2.32. The van der Waals surface area contributed by atoms with Gasteiger partial charge in [0.2, 0.25) is 0 Å². The minimum Gasteiger partial charge on any atom is -0.477 e. The molecule has 0 spiro atoms. The summed E-state index contributed by atoms with van der Waals surface area (Å²) >= 11 is 0. The van der Waals surface area contributed by atoms with Crippen molar-refractivity contribution >= 4 is 17.6 Å². The Bertz CT molecular complexity index is 976. The zero-order valence-electron chi connectivity index (χ0n) is 15.5. The molecule has 2 aromatic carbocycles. The van der Waals surface area contributed by atoms with E-state index in [-0.39, 0.29) is 11.6 Å². The van der Waals surface area contributed by atoms with Crippen LogP contribution < -0.4 is 4.90 Å². The predicted molar refractivity (Wildman–Crippen MR) is 108 cm³/mol. The van der Waals surface area contributed by atoms with Crippen LogP contribution in [0.5, 0.6) is 0 Å². The highest BCUT2D eigenvalue weighted by Gasteiger charge is 2.29. The van der Waals surface area contributed by atoms with Crippen LogP contribution in [0, 0.1) is 5.92 Å². The smallest absolute Gasteiger partial charge is 0.352 e. The molecular weight excluding hydrogens is 352 g/mol. The van der Waals surface area contributed by atoms with Crippen LogP contribution >= 0.6 is 0 Å². The van der Waals surface area contributed by atoms with Gasteiger partial charge in [-0.25, -0.2) is 4.79 Å². The van der Waals surface area contributed by atoms with E-state index in [2.05, 4.69) is 0 Å². The van der Waals surface area contributed by atoms with E-state index in [1.807, 2.05) is 60.7 Å². The second-order valence-corrected chi connectivity index (χ2v) is 7.18. The molecule has 1 aromatic heterocycles. The number of benzene rings is 2. The Balaban J connectivity index is 1.72. The molecule has 1 amide bonds. The summed E-state index contributed by atoms with van der Waals surface area (Å²) in [5, 5.41) is 9.54. The van der Waals surface area contributed by atoms with Crippen LogP contribution in [0.4, 0.5) is 5.69 Å². The van der Waals surface area contributed by atoms with Crippen LogP contribution in [0.25, 0.3) is 0 Å². The van der Waals surface area contributed by atoms with Gasteiger partial charge in [0.1, 0.15) is 11.4 Å². The van der Waals surface area contributed by atoms with Crippen molar-refractivity contribution < 1.29 is 14.7 Å². The van der Waals surface area contributed by atoms with Crippen molar-refractivity contribution in [1.82, 2.24) is 4.57 Å². The third kappa shape index (κ3) is 3.83. The molecule has 0 unspecified atom stereocenters. The molecule has 3 aromatic rings. The van der Waals surface area contributed by atoms with Crippen molar-refractivity contribution in [3.63, 3.8) is 0 Å². The van der Waals surface area contributed by atoms with Gasteiger partial charge >= 0.3 is 5.97 Å². The maximum atomic E-state index is 13.5. The molecule has 1 N–H and O–H groups in total. The van der Waals surface area contributed by atoms with E-state index in [9.17, 15) is 14.7 Å². The molecular formula is C23H22N2O3. The van der Waals surface area contributed by atoms with Gasteiger partial charge in [-0.15, -0.1) is 0 Å². The number of hydrogen-bond acceptors (Lipinski definition) is 2. The van der Waals surface area contributed by atoms with Crippen LogP contribution in [0.2, 0.25) is 0 Å². The number of anilines is 1. The number of nitrogens with zero attached hydrogens (tertiary/aromatic N) is 2. The topological polar surface area (TPSA) is 62.5 Å². The molecule has 1 fully saturated rings. The Labute approximate surface area is 163 Å². The fraction of sp³-hybridized carbons (Fsp3) is 0.217. The summed E-state index contributed by atoms with van der Waals surface area (Å²) in [4.78, 5) is 26.9. The van der Waals surface area contributed by atoms with Gasteiger partial charge in [-0.05, 0) is 48.6 Å². The molecule has 1 aliphatic carbocycles. The molecule has 0 aliphatic heterocycles. The zero-order chi connectivity index (χ0) is 19.5. The van der Waals surface area contributed by atoms with Crippen molar-refractivity contribution in [2.45, 2.75) is 25.9 Å². The van der Waals surface area contributed by atoms with E-state index in [0.717, 1.165) is 24.1 Å². The molecule has 0 radical (unpaired) electrons. The predicted octanol–water partition coefficient (Wildman–Crippen LogP) is 4.44. The third-order valence-electron chi connectivity index (χ3n) is 5.05. The molecule has 0 atom stereocenters. The Morgan fingerprint density at radius 1 is 0.893 bits per heavy atom. The second kappa shape index (κ2) is 7.72. The lowest BCUT2D eigenvalue weighted by Crippen LogP contribution is -2.32. The summed E-state index contributed by atoms with van der Waals surface area (Å²) in [7, 11) is 0. The number of hydrogen-bond donors (Lipinski definition) is 1. The number of carbonyl (C=O) groups is 2. The largest absolute Gasteiger partial charge is 0.477 e. The summed E-state index contributed by atoms with van der Waals surface area (Å²) in [6, 6.07) is 22.5. The molecule has 28 heavy (non-hydrogen) atoms. The van der Waals surface area contributed by atoms with Gasteiger partial charge in [-0.3, -0.25) is 4.79 Å². The molecule has 5 nitrogen and oxygen atoms in total. The number of carboxylic acid groups (broad SMARTS) is 1. The summed E-state index contributed by atoms with van der Waals surface area (Å²) in [5.74, 6) is -0.742. The molecule has 142 valence electrons. The first-order valence-electron chi connectivity index (χ1n) is 9.47. The second-order valence-electron chi connectivity index (χ2n) is 7.18. The number of aromatic carboxylic acids is 1. The molecule has 0 saturated heterocycles. The molecule has 1 heterocycles. The molecule has 0 bridgehead atoms. The zero-order valence-corrected chi connectivity index (χ0v) is 15.5. The van der Waals surface area contributed by atoms with Crippen molar-refractivity contribution in [3.05, 3.63) is 89.7 Å². The van der Waals surface area contributed by atoms with Crippen molar-refractivity contribution in [2.24, 2.45) is 5.92 Å². The van der Waals surface area contributed by atoms with Crippen LogP contribution in [-0.2, 0) is 13.1 Å². The van der Waals surface area contributed by atoms with E-state index in [1.165, 1.54) is 6.07 Å². The summed E-state index contributed by atoms with van der Waals surface area (Å²) < 4.78 is 1.67. The number of carboxylic acids is 1. The Kier molecular flexibility index (Phi) is 4.98. The van der Waals surface area contributed by atoms with Crippen LogP contribution in [0.1, 0.15) is 39.4 Å². The summed E-state index contributed by atoms with van der Waals surface area (Å²) in [6.07, 6.45) is 2.16. The minimum atomic E-state index is -1.01. The van der Waals surface area contributed by atoms with Crippen LogP contribution in [0.3, 0.4) is 0 Å². The molecule has 1 saturated carbocycles. The maximum absolute atomic E-state index is 13.5.